The van der Waals surface area contributed by atoms with E-state index in [0.717, 1.165) is 11.3 Å². The van der Waals surface area contributed by atoms with Gasteiger partial charge in [-0.3, -0.25) is 0 Å². The van der Waals surface area contributed by atoms with E-state index in [4.69, 9.17) is 9.83 Å². The Balaban J connectivity index is 0.000000704. The third-order valence-corrected chi connectivity index (χ3v) is 2.34. The molecule has 7 heteroatoms. The molecule has 0 radical (unpaired) electrons. The van der Waals surface area contributed by atoms with E-state index in [9.17, 15) is 0 Å². The molecule has 2 aromatic heterocycles. The fraction of sp³-hybridized carbons (Fsp3) is 0.154. The summed E-state index contributed by atoms with van der Waals surface area (Å²) in [6.07, 6.45) is 4.03. The fourth-order valence-corrected chi connectivity index (χ4v) is 1.49. The maximum atomic E-state index is 7.21. The molecule has 2 heterocycles. The number of benzene rings is 1. The molecule has 1 N–H and O–H groups in total. The standard InChI is InChI=1S/C11H8N6O.C2H6/c12-5-8-2-1-3-9(4-8)17-15-11(14-16-17)10-6-18-7-13-10;1-2/h1-7,12H;1-2H3. The van der Waals surface area contributed by atoms with E-state index in [1.807, 2.05) is 32.0 Å². The Kier molecular flexibility index (Phi) is 4.33. The number of nitrogens with one attached hydrogen (secondary N) is 1. The lowest BCUT2D eigenvalue weighted by atomic mass is 10.2. The molecule has 3 rings (SSSR count). The molecule has 3 aromatic rings. The summed E-state index contributed by atoms with van der Waals surface area (Å²) in [5, 5.41) is 19.2. The summed E-state index contributed by atoms with van der Waals surface area (Å²) in [5.74, 6) is 0.393. The minimum Gasteiger partial charge on any atom is -0.451 e. The molecule has 0 aliphatic rings. The number of hydrogen-bond acceptors (Lipinski definition) is 6. The molecule has 0 unspecified atom stereocenters. The van der Waals surface area contributed by atoms with Gasteiger partial charge in [0.2, 0.25) is 5.82 Å². The topological polar surface area (TPSA) is 93.5 Å². The van der Waals surface area contributed by atoms with Gasteiger partial charge in [0, 0.05) is 6.21 Å². The molecule has 0 aliphatic heterocycles. The van der Waals surface area contributed by atoms with Crippen LogP contribution in [-0.4, -0.2) is 31.4 Å². The van der Waals surface area contributed by atoms with Gasteiger partial charge >= 0.3 is 0 Å². The Labute approximate surface area is 115 Å². The third-order valence-electron chi connectivity index (χ3n) is 2.34. The summed E-state index contributed by atoms with van der Waals surface area (Å²) in [6, 6.07) is 7.28. The molecular weight excluding hydrogens is 256 g/mol. The number of hydrogen-bond donors (Lipinski definition) is 1. The molecule has 0 amide bonds. The highest BCUT2D eigenvalue weighted by molar-refractivity contribution is 5.77. The highest BCUT2D eigenvalue weighted by atomic mass is 16.3. The van der Waals surface area contributed by atoms with Gasteiger partial charge in [0.15, 0.2) is 6.39 Å². The van der Waals surface area contributed by atoms with E-state index in [1.165, 1.54) is 23.7 Å². The van der Waals surface area contributed by atoms with Crippen molar-refractivity contribution in [3.63, 3.8) is 0 Å². The minimum absolute atomic E-state index is 0.393. The largest absolute Gasteiger partial charge is 0.451 e. The van der Waals surface area contributed by atoms with Gasteiger partial charge in [-0.1, -0.05) is 26.0 Å². The Morgan fingerprint density at radius 2 is 2.15 bits per heavy atom. The lowest BCUT2D eigenvalue weighted by Crippen LogP contribution is -1.99. The van der Waals surface area contributed by atoms with Gasteiger partial charge in [-0.15, -0.1) is 15.0 Å². The van der Waals surface area contributed by atoms with E-state index in [-0.39, 0.29) is 0 Å². The van der Waals surface area contributed by atoms with Crippen molar-refractivity contribution >= 4 is 6.21 Å². The zero-order chi connectivity index (χ0) is 14.4. The Bertz CT molecular complexity index is 674. The molecule has 0 saturated heterocycles. The van der Waals surface area contributed by atoms with Crippen molar-refractivity contribution in [1.29, 1.82) is 5.41 Å². The van der Waals surface area contributed by atoms with E-state index in [1.54, 1.807) is 6.07 Å². The van der Waals surface area contributed by atoms with Crippen LogP contribution < -0.4 is 0 Å². The highest BCUT2D eigenvalue weighted by Crippen LogP contribution is 2.12. The zero-order valence-electron chi connectivity index (χ0n) is 11.2. The van der Waals surface area contributed by atoms with Crippen LogP contribution in [0, 0.1) is 5.41 Å². The first-order chi connectivity index (χ1) is 9.86. The van der Waals surface area contributed by atoms with Crippen LogP contribution in [0.15, 0.2) is 41.3 Å². The zero-order valence-corrected chi connectivity index (χ0v) is 11.2. The van der Waals surface area contributed by atoms with Crippen LogP contribution in [0.2, 0.25) is 0 Å². The van der Waals surface area contributed by atoms with Gasteiger partial charge in [0.05, 0.1) is 5.69 Å². The molecule has 0 spiro atoms. The van der Waals surface area contributed by atoms with Gasteiger partial charge in [0.25, 0.3) is 0 Å². The second-order valence-electron chi connectivity index (χ2n) is 3.52. The minimum atomic E-state index is 0.393. The number of nitrogens with zero attached hydrogens (tertiary/aromatic N) is 5. The average Bonchev–Trinajstić information content (AvgIpc) is 3.20. The van der Waals surface area contributed by atoms with Crippen LogP contribution in [0.25, 0.3) is 17.2 Å². The molecule has 0 fully saturated rings. The molecule has 0 bridgehead atoms. The number of tetrazole rings is 1. The molecule has 20 heavy (non-hydrogen) atoms. The smallest absolute Gasteiger partial charge is 0.226 e. The Hall–Kier alpha value is -2.83. The van der Waals surface area contributed by atoms with Gasteiger partial charge < -0.3 is 9.83 Å². The van der Waals surface area contributed by atoms with Crippen molar-refractivity contribution in [3.05, 3.63) is 42.5 Å². The summed E-state index contributed by atoms with van der Waals surface area (Å²) in [7, 11) is 0. The molecule has 0 aliphatic carbocycles. The van der Waals surface area contributed by atoms with Crippen molar-refractivity contribution < 1.29 is 4.42 Å². The second-order valence-corrected chi connectivity index (χ2v) is 3.52. The van der Waals surface area contributed by atoms with Crippen LogP contribution in [-0.2, 0) is 0 Å². The van der Waals surface area contributed by atoms with Crippen molar-refractivity contribution in [2.24, 2.45) is 0 Å². The van der Waals surface area contributed by atoms with Gasteiger partial charge in [-0.2, -0.15) is 0 Å². The molecule has 102 valence electrons. The van der Waals surface area contributed by atoms with Crippen LogP contribution >= 0.6 is 0 Å². The maximum absolute atomic E-state index is 7.21. The Morgan fingerprint density at radius 1 is 1.30 bits per heavy atom. The summed E-state index contributed by atoms with van der Waals surface area (Å²) in [4.78, 5) is 5.33. The highest BCUT2D eigenvalue weighted by Gasteiger charge is 2.09. The van der Waals surface area contributed by atoms with E-state index in [0.29, 0.717) is 11.5 Å². The van der Waals surface area contributed by atoms with Gasteiger partial charge in [-0.25, -0.2) is 4.98 Å². The van der Waals surface area contributed by atoms with Crippen LogP contribution in [0.1, 0.15) is 19.4 Å². The predicted molar refractivity (Wildman–Crippen MR) is 73.9 cm³/mol. The molecule has 7 nitrogen and oxygen atoms in total. The first-order valence-electron chi connectivity index (χ1n) is 6.16. The molecular formula is C13H14N6O. The number of rotatable bonds is 3. The van der Waals surface area contributed by atoms with Crippen LogP contribution in [0.4, 0.5) is 0 Å². The van der Waals surface area contributed by atoms with Crippen LogP contribution in [0.5, 0.6) is 0 Å². The Morgan fingerprint density at radius 3 is 2.85 bits per heavy atom. The normalized spacial score (nSPS) is 9.70. The first-order valence-corrected chi connectivity index (χ1v) is 6.16. The monoisotopic (exact) mass is 270 g/mol. The molecule has 0 saturated carbocycles. The predicted octanol–water partition coefficient (Wildman–Crippen LogP) is 2.34. The van der Waals surface area contributed by atoms with Crippen molar-refractivity contribution in [2.45, 2.75) is 13.8 Å². The van der Waals surface area contributed by atoms with Crippen molar-refractivity contribution in [3.8, 4) is 17.2 Å². The van der Waals surface area contributed by atoms with Crippen LogP contribution in [0.3, 0.4) is 0 Å². The summed E-state index contributed by atoms with van der Waals surface area (Å²) in [6.45, 7) is 4.00. The number of aromatic nitrogens is 5. The quantitative estimate of drug-likeness (QED) is 0.737. The average molecular weight is 270 g/mol. The van der Waals surface area contributed by atoms with E-state index in [2.05, 4.69) is 20.4 Å². The summed E-state index contributed by atoms with van der Waals surface area (Å²) >= 11 is 0. The fourth-order valence-electron chi connectivity index (χ4n) is 1.49. The van der Waals surface area contributed by atoms with E-state index < -0.39 is 0 Å². The number of oxazole rings is 1. The first kappa shape index (κ1) is 13.6. The third kappa shape index (κ3) is 2.77. The maximum Gasteiger partial charge on any atom is 0.226 e. The van der Waals surface area contributed by atoms with Gasteiger partial charge in [0.1, 0.15) is 12.0 Å². The SMILES string of the molecule is CC.N=Cc1cccc(-n2nnc(-c3cocn3)n2)c1. The summed E-state index contributed by atoms with van der Waals surface area (Å²) in [5.41, 5.74) is 2.04. The van der Waals surface area contributed by atoms with E-state index >= 15 is 0 Å². The lowest BCUT2D eigenvalue weighted by molar-refractivity contribution is 0.558. The second kappa shape index (κ2) is 6.37. The van der Waals surface area contributed by atoms with Gasteiger partial charge in [-0.05, 0) is 22.9 Å². The molecule has 0 atom stereocenters. The lowest BCUT2D eigenvalue weighted by Gasteiger charge is -1.98. The molecule has 1 aromatic carbocycles. The summed E-state index contributed by atoms with van der Waals surface area (Å²) < 4.78 is 4.86. The van der Waals surface area contributed by atoms with Crippen molar-refractivity contribution in [2.75, 3.05) is 0 Å². The van der Waals surface area contributed by atoms with Crippen molar-refractivity contribution in [1.82, 2.24) is 25.2 Å².